The summed E-state index contributed by atoms with van der Waals surface area (Å²) >= 11 is 3.11. The smallest absolute Gasteiger partial charge is 0.330 e. The molecule has 24 heavy (non-hydrogen) atoms. The average Bonchev–Trinajstić information content (AvgIpc) is 2.55. The third-order valence-corrected chi connectivity index (χ3v) is 3.40. The first-order valence-electron chi connectivity index (χ1n) is 6.58. The summed E-state index contributed by atoms with van der Waals surface area (Å²) in [7, 11) is 1.22. The lowest BCUT2D eigenvalue weighted by molar-refractivity contribution is -0.385. The Balaban J connectivity index is 2.34. The van der Waals surface area contributed by atoms with Crippen LogP contribution in [0.15, 0.2) is 46.9 Å². The molecule has 0 fully saturated rings. The van der Waals surface area contributed by atoms with E-state index in [1.54, 1.807) is 6.07 Å². The maximum Gasteiger partial charge on any atom is 0.330 e. The Morgan fingerprint density at radius 3 is 2.58 bits per heavy atom. The third-order valence-electron chi connectivity index (χ3n) is 2.91. The molecule has 2 aromatic carbocycles. The summed E-state index contributed by atoms with van der Waals surface area (Å²) in [6.45, 7) is 0. The number of hydrogen-bond donors (Lipinski definition) is 0. The molecule has 2 rings (SSSR count). The van der Waals surface area contributed by atoms with Crippen molar-refractivity contribution in [1.29, 1.82) is 0 Å². The summed E-state index contributed by atoms with van der Waals surface area (Å²) in [5.74, 6) is -1.50. The van der Waals surface area contributed by atoms with Crippen molar-refractivity contribution in [2.24, 2.45) is 0 Å². The lowest BCUT2D eigenvalue weighted by atomic mass is 10.1. The first kappa shape index (κ1) is 17.6. The second-order valence-electron chi connectivity index (χ2n) is 4.52. The molecule has 0 N–H and O–H groups in total. The molecule has 0 unspecified atom stereocenters. The lowest BCUT2D eigenvalue weighted by Gasteiger charge is -2.08. The number of nitrogens with zero attached hydrogens (tertiary/aromatic N) is 1. The minimum atomic E-state index is -0.659. The zero-order chi connectivity index (χ0) is 17.7. The normalized spacial score (nSPS) is 10.6. The van der Waals surface area contributed by atoms with Crippen LogP contribution >= 0.6 is 15.9 Å². The number of benzene rings is 2. The number of nitro groups is 1. The van der Waals surface area contributed by atoms with E-state index in [0.29, 0.717) is 10.0 Å². The number of ether oxygens (including phenoxy) is 2. The molecule has 0 amide bonds. The van der Waals surface area contributed by atoms with Crippen LogP contribution in [0, 0.1) is 15.9 Å². The van der Waals surface area contributed by atoms with Crippen LogP contribution in [-0.2, 0) is 9.53 Å². The van der Waals surface area contributed by atoms with E-state index >= 15 is 0 Å². The van der Waals surface area contributed by atoms with Gasteiger partial charge in [0.1, 0.15) is 0 Å². The number of carbonyl (C=O) groups is 1. The molecule has 0 aromatic heterocycles. The Morgan fingerprint density at radius 2 is 1.96 bits per heavy atom. The first-order chi connectivity index (χ1) is 11.4. The molecule has 2 aromatic rings. The predicted molar refractivity (Wildman–Crippen MR) is 88.3 cm³/mol. The van der Waals surface area contributed by atoms with Crippen LogP contribution in [0.1, 0.15) is 5.56 Å². The van der Waals surface area contributed by atoms with Gasteiger partial charge in [0.05, 0.1) is 12.0 Å². The van der Waals surface area contributed by atoms with Crippen molar-refractivity contribution in [3.63, 3.8) is 0 Å². The van der Waals surface area contributed by atoms with Crippen LogP contribution in [-0.4, -0.2) is 18.0 Å². The van der Waals surface area contributed by atoms with Gasteiger partial charge in [-0.3, -0.25) is 10.1 Å². The fourth-order valence-electron chi connectivity index (χ4n) is 1.78. The van der Waals surface area contributed by atoms with E-state index in [0.717, 1.165) is 6.08 Å². The van der Waals surface area contributed by atoms with E-state index in [1.165, 1.54) is 43.5 Å². The Labute approximate surface area is 144 Å². The van der Waals surface area contributed by atoms with Crippen LogP contribution in [0.25, 0.3) is 6.08 Å². The van der Waals surface area contributed by atoms with Gasteiger partial charge in [-0.15, -0.1) is 0 Å². The molecule has 0 radical (unpaired) electrons. The van der Waals surface area contributed by atoms with Gasteiger partial charge >= 0.3 is 11.7 Å². The molecule has 0 bridgehead atoms. The van der Waals surface area contributed by atoms with E-state index in [2.05, 4.69) is 20.7 Å². The summed E-state index contributed by atoms with van der Waals surface area (Å²) in [5.41, 5.74) is 0.0417. The fourth-order valence-corrected chi connectivity index (χ4v) is 2.11. The summed E-state index contributed by atoms with van der Waals surface area (Å²) in [4.78, 5) is 21.6. The Morgan fingerprint density at radius 1 is 1.25 bits per heavy atom. The summed E-state index contributed by atoms with van der Waals surface area (Å²) < 4.78 is 24.1. The SMILES string of the molecule is COC(=O)/C=C/c1ccc(Oc2ccc(Br)cc2F)c([N+](=O)[O-])c1. The molecule has 0 heterocycles. The van der Waals surface area contributed by atoms with Gasteiger partial charge in [-0.1, -0.05) is 22.0 Å². The molecule has 0 atom stereocenters. The molecule has 6 nitrogen and oxygen atoms in total. The predicted octanol–water partition coefficient (Wildman–Crippen LogP) is 4.47. The second kappa shape index (κ2) is 7.69. The van der Waals surface area contributed by atoms with Crippen LogP contribution in [0.3, 0.4) is 0 Å². The van der Waals surface area contributed by atoms with Gasteiger partial charge in [-0.2, -0.15) is 0 Å². The number of halogens is 2. The van der Waals surface area contributed by atoms with Gasteiger partial charge in [0.2, 0.25) is 5.75 Å². The van der Waals surface area contributed by atoms with E-state index < -0.39 is 16.7 Å². The molecule has 124 valence electrons. The van der Waals surface area contributed by atoms with Gasteiger partial charge in [0, 0.05) is 16.6 Å². The van der Waals surface area contributed by atoms with Crippen LogP contribution < -0.4 is 4.74 Å². The zero-order valence-corrected chi connectivity index (χ0v) is 13.9. The van der Waals surface area contributed by atoms with Crippen molar-refractivity contribution in [3.8, 4) is 11.5 Å². The molecule has 0 spiro atoms. The fraction of sp³-hybridized carbons (Fsp3) is 0.0625. The third kappa shape index (κ3) is 4.39. The van der Waals surface area contributed by atoms with Gasteiger partial charge < -0.3 is 9.47 Å². The molecule has 8 heteroatoms. The van der Waals surface area contributed by atoms with Crippen molar-refractivity contribution in [2.45, 2.75) is 0 Å². The van der Waals surface area contributed by atoms with E-state index in [-0.39, 0.29) is 17.2 Å². The van der Waals surface area contributed by atoms with Crippen LogP contribution in [0.2, 0.25) is 0 Å². The highest BCUT2D eigenvalue weighted by Gasteiger charge is 2.18. The van der Waals surface area contributed by atoms with Crippen LogP contribution in [0.4, 0.5) is 10.1 Å². The molecule has 0 saturated heterocycles. The maximum atomic E-state index is 13.8. The number of esters is 1. The lowest BCUT2D eigenvalue weighted by Crippen LogP contribution is -1.96. The highest BCUT2D eigenvalue weighted by molar-refractivity contribution is 9.10. The van der Waals surface area contributed by atoms with Crippen molar-refractivity contribution in [3.05, 3.63) is 68.4 Å². The van der Waals surface area contributed by atoms with Crippen molar-refractivity contribution >= 4 is 33.7 Å². The summed E-state index contributed by atoms with van der Waals surface area (Å²) in [6, 6.07) is 8.14. The zero-order valence-electron chi connectivity index (χ0n) is 12.4. The maximum absolute atomic E-state index is 13.8. The van der Waals surface area contributed by atoms with Crippen LogP contribution in [0.5, 0.6) is 11.5 Å². The second-order valence-corrected chi connectivity index (χ2v) is 5.43. The first-order valence-corrected chi connectivity index (χ1v) is 7.37. The van der Waals surface area contributed by atoms with Crippen molar-refractivity contribution < 1.29 is 23.6 Å². The minimum absolute atomic E-state index is 0.114. The highest BCUT2D eigenvalue weighted by Crippen LogP contribution is 2.34. The average molecular weight is 396 g/mol. The number of carbonyl (C=O) groups excluding carboxylic acids is 1. The topological polar surface area (TPSA) is 78.7 Å². The van der Waals surface area contributed by atoms with Gasteiger partial charge in [0.25, 0.3) is 0 Å². The highest BCUT2D eigenvalue weighted by atomic mass is 79.9. The number of rotatable bonds is 5. The Hall–Kier alpha value is -2.74. The number of methoxy groups -OCH3 is 1. The van der Waals surface area contributed by atoms with Gasteiger partial charge in [-0.05, 0) is 35.9 Å². The Bertz CT molecular complexity index is 822. The standard InChI is InChI=1S/C16H11BrFNO5/c1-23-16(20)7-3-10-2-5-15(13(8-10)19(21)22)24-14-6-4-11(17)9-12(14)18/h2-9H,1H3/b7-3+. The van der Waals surface area contributed by atoms with Crippen molar-refractivity contribution in [2.75, 3.05) is 7.11 Å². The number of nitro benzene ring substituents is 1. The molecular formula is C16H11BrFNO5. The molecule has 0 aliphatic rings. The molecule has 0 saturated carbocycles. The van der Waals surface area contributed by atoms with E-state index in [4.69, 9.17) is 4.74 Å². The molecule has 0 aliphatic carbocycles. The van der Waals surface area contributed by atoms with E-state index in [1.807, 2.05) is 0 Å². The van der Waals surface area contributed by atoms with Gasteiger partial charge in [-0.25, -0.2) is 9.18 Å². The summed E-state index contributed by atoms with van der Waals surface area (Å²) in [6.07, 6.45) is 2.50. The van der Waals surface area contributed by atoms with E-state index in [9.17, 15) is 19.3 Å². The largest absolute Gasteiger partial charge is 0.466 e. The monoisotopic (exact) mass is 395 g/mol. The number of hydrogen-bond acceptors (Lipinski definition) is 5. The van der Waals surface area contributed by atoms with Crippen molar-refractivity contribution in [1.82, 2.24) is 0 Å². The molecular weight excluding hydrogens is 385 g/mol. The summed E-state index contributed by atoms with van der Waals surface area (Å²) in [5, 5.41) is 11.2. The van der Waals surface area contributed by atoms with Gasteiger partial charge in [0.15, 0.2) is 11.6 Å². The Kier molecular flexibility index (Phi) is 5.64. The minimum Gasteiger partial charge on any atom is -0.466 e. The quantitative estimate of drug-likeness (QED) is 0.322. The molecule has 0 aliphatic heterocycles.